The number of nitriles is 2. The molecular formula is C20H27N3O3. The highest BCUT2D eigenvalue weighted by atomic mass is 16.5. The lowest BCUT2D eigenvalue weighted by Crippen LogP contribution is -2.44. The van der Waals surface area contributed by atoms with Gasteiger partial charge in [0.2, 0.25) is 5.91 Å². The summed E-state index contributed by atoms with van der Waals surface area (Å²) < 4.78 is 4.76. The van der Waals surface area contributed by atoms with E-state index >= 15 is 0 Å². The number of rotatable bonds is 6. The van der Waals surface area contributed by atoms with Crippen molar-refractivity contribution in [1.29, 1.82) is 10.5 Å². The molecule has 1 aliphatic carbocycles. The lowest BCUT2D eigenvalue weighted by Gasteiger charge is -2.41. The lowest BCUT2D eigenvalue weighted by atomic mass is 9.62. The van der Waals surface area contributed by atoms with Gasteiger partial charge in [0, 0.05) is 26.3 Å². The molecule has 26 heavy (non-hydrogen) atoms. The molecule has 140 valence electrons. The predicted molar refractivity (Wildman–Crippen MR) is 96.0 cm³/mol. The monoisotopic (exact) mass is 357 g/mol. The maximum atomic E-state index is 11.3. The Morgan fingerprint density at radius 2 is 1.88 bits per heavy atom. The quantitative estimate of drug-likeness (QED) is 0.581. The van der Waals surface area contributed by atoms with E-state index in [9.17, 15) is 20.1 Å². The molecule has 0 aromatic heterocycles. The average molecular weight is 357 g/mol. The van der Waals surface area contributed by atoms with Gasteiger partial charge in [-0.3, -0.25) is 9.59 Å². The van der Waals surface area contributed by atoms with Crippen LogP contribution in [-0.4, -0.2) is 24.5 Å². The van der Waals surface area contributed by atoms with E-state index in [0.717, 1.165) is 25.7 Å². The summed E-state index contributed by atoms with van der Waals surface area (Å²) in [7, 11) is 0. The van der Waals surface area contributed by atoms with Crippen molar-refractivity contribution in [2.45, 2.75) is 65.3 Å². The molecule has 0 bridgehead atoms. The van der Waals surface area contributed by atoms with Crippen LogP contribution < -0.4 is 5.32 Å². The van der Waals surface area contributed by atoms with E-state index in [-0.39, 0.29) is 36.8 Å². The fraction of sp³-hybridized carbons (Fsp3) is 0.700. The maximum absolute atomic E-state index is 11.3. The van der Waals surface area contributed by atoms with Crippen LogP contribution in [0.4, 0.5) is 0 Å². The number of nitrogens with one attached hydrogen (secondary N) is 1. The fourth-order valence-electron chi connectivity index (χ4n) is 3.81. The molecule has 1 rings (SSSR count). The van der Waals surface area contributed by atoms with Crippen molar-refractivity contribution >= 4 is 11.9 Å². The molecule has 0 aromatic carbocycles. The Morgan fingerprint density at radius 1 is 1.19 bits per heavy atom. The van der Waals surface area contributed by atoms with Crippen LogP contribution in [0.5, 0.6) is 0 Å². The molecule has 0 aliphatic heterocycles. The molecule has 0 unspecified atom stereocenters. The van der Waals surface area contributed by atoms with Crippen LogP contribution in [0.3, 0.4) is 0 Å². The molecule has 0 spiro atoms. The molecule has 0 heterocycles. The highest BCUT2D eigenvalue weighted by Crippen LogP contribution is 2.45. The first-order valence-electron chi connectivity index (χ1n) is 9.07. The van der Waals surface area contributed by atoms with E-state index in [4.69, 9.17) is 4.74 Å². The standard InChI is InChI=1S/C20H27N3O3/c1-4-7-17-12-18(23-15(2)24)8-9-19(17)20(13-21,14-22)10-5-6-11-26-16(3)25/h17-19H,4,7-12H2,1-3H3,(H,23,24)/t17-,18+,19-/m1/s1. The van der Waals surface area contributed by atoms with Gasteiger partial charge in [-0.1, -0.05) is 31.6 Å². The normalized spacial score (nSPS) is 22.1. The Morgan fingerprint density at radius 3 is 2.42 bits per heavy atom. The molecule has 3 atom stereocenters. The van der Waals surface area contributed by atoms with Gasteiger partial charge in [-0.15, -0.1) is 0 Å². The largest absolute Gasteiger partial charge is 0.453 e. The number of nitrogens with zero attached hydrogens (tertiary/aromatic N) is 2. The van der Waals surface area contributed by atoms with Gasteiger partial charge in [0.15, 0.2) is 12.0 Å². The number of ether oxygens (including phenoxy) is 1. The van der Waals surface area contributed by atoms with Gasteiger partial charge in [-0.2, -0.15) is 10.5 Å². The van der Waals surface area contributed by atoms with Gasteiger partial charge < -0.3 is 10.1 Å². The second-order valence-corrected chi connectivity index (χ2v) is 6.87. The summed E-state index contributed by atoms with van der Waals surface area (Å²) in [6.07, 6.45) is 4.26. The number of carbonyl (C=O) groups excluding carboxylic acids is 2. The van der Waals surface area contributed by atoms with Crippen LogP contribution in [0.15, 0.2) is 0 Å². The third-order valence-corrected chi connectivity index (χ3v) is 4.92. The van der Waals surface area contributed by atoms with Gasteiger partial charge in [0.25, 0.3) is 0 Å². The zero-order chi connectivity index (χ0) is 19.6. The Bertz CT molecular complexity index is 634. The second kappa shape index (κ2) is 10.5. The first kappa shape index (κ1) is 21.5. The third kappa shape index (κ3) is 6.08. The number of esters is 1. The molecule has 1 amide bonds. The average Bonchev–Trinajstić information content (AvgIpc) is 2.59. The molecule has 0 radical (unpaired) electrons. The zero-order valence-electron chi connectivity index (χ0n) is 15.8. The molecule has 1 fully saturated rings. The van der Waals surface area contributed by atoms with Crippen LogP contribution in [0.2, 0.25) is 0 Å². The van der Waals surface area contributed by atoms with Crippen LogP contribution in [0, 0.1) is 51.8 Å². The van der Waals surface area contributed by atoms with Crippen molar-refractivity contribution in [3.05, 3.63) is 0 Å². The molecule has 0 saturated heterocycles. The number of carbonyl (C=O) groups is 2. The van der Waals surface area contributed by atoms with Gasteiger partial charge in [-0.25, -0.2) is 0 Å². The summed E-state index contributed by atoms with van der Waals surface area (Å²) in [5.74, 6) is 5.21. The highest BCUT2D eigenvalue weighted by Gasteiger charge is 2.45. The molecule has 1 saturated carbocycles. The van der Waals surface area contributed by atoms with Crippen molar-refractivity contribution in [2.24, 2.45) is 17.3 Å². The summed E-state index contributed by atoms with van der Waals surface area (Å²) >= 11 is 0. The smallest absolute Gasteiger partial charge is 0.303 e. The summed E-state index contributed by atoms with van der Waals surface area (Å²) in [6, 6.07) is 4.54. The van der Waals surface area contributed by atoms with E-state index in [1.807, 2.05) is 0 Å². The minimum Gasteiger partial charge on any atom is -0.453 e. The Labute approximate surface area is 155 Å². The first-order chi connectivity index (χ1) is 12.4. The van der Waals surface area contributed by atoms with E-state index in [1.165, 1.54) is 13.8 Å². The van der Waals surface area contributed by atoms with Gasteiger partial charge >= 0.3 is 5.97 Å². The van der Waals surface area contributed by atoms with Gasteiger partial charge in [0.1, 0.15) is 0 Å². The first-order valence-corrected chi connectivity index (χ1v) is 9.07. The van der Waals surface area contributed by atoms with Crippen molar-refractivity contribution < 1.29 is 14.3 Å². The van der Waals surface area contributed by atoms with E-state index < -0.39 is 11.4 Å². The van der Waals surface area contributed by atoms with Crippen LogP contribution in [0.25, 0.3) is 0 Å². The molecule has 1 aliphatic rings. The van der Waals surface area contributed by atoms with E-state index in [0.29, 0.717) is 6.42 Å². The summed E-state index contributed by atoms with van der Waals surface area (Å²) in [5, 5.41) is 22.5. The number of hydrogen-bond donors (Lipinski definition) is 1. The third-order valence-electron chi connectivity index (χ3n) is 4.92. The Hall–Kier alpha value is -2.52. The minimum absolute atomic E-state index is 0.0318. The minimum atomic E-state index is -1.18. The van der Waals surface area contributed by atoms with Crippen LogP contribution in [0.1, 0.15) is 59.3 Å². The van der Waals surface area contributed by atoms with E-state index in [1.54, 1.807) is 0 Å². The SMILES string of the molecule is CCC[C@@H]1C[C@@H](NC(C)=O)CC[C@H]1C(C#N)(C#N)CC#CCOC(C)=O. The van der Waals surface area contributed by atoms with Crippen molar-refractivity contribution in [1.82, 2.24) is 5.32 Å². The van der Waals surface area contributed by atoms with Gasteiger partial charge in [0.05, 0.1) is 12.1 Å². The van der Waals surface area contributed by atoms with E-state index in [2.05, 4.69) is 36.2 Å². The summed E-state index contributed by atoms with van der Waals surface area (Å²) in [5.41, 5.74) is -1.18. The maximum Gasteiger partial charge on any atom is 0.303 e. The Balaban J connectivity index is 2.92. The molecule has 6 heteroatoms. The topological polar surface area (TPSA) is 103 Å². The predicted octanol–water partition coefficient (Wildman–Crippen LogP) is 2.70. The molecular weight excluding hydrogens is 330 g/mol. The number of hydrogen-bond acceptors (Lipinski definition) is 5. The lowest BCUT2D eigenvalue weighted by molar-refractivity contribution is -0.139. The van der Waals surface area contributed by atoms with Crippen molar-refractivity contribution in [2.75, 3.05) is 6.61 Å². The molecule has 6 nitrogen and oxygen atoms in total. The van der Waals surface area contributed by atoms with Crippen LogP contribution >= 0.6 is 0 Å². The van der Waals surface area contributed by atoms with Gasteiger partial charge in [-0.05, 0) is 31.1 Å². The van der Waals surface area contributed by atoms with Crippen LogP contribution in [-0.2, 0) is 14.3 Å². The summed E-state index contributed by atoms with van der Waals surface area (Å²) in [6.45, 7) is 4.86. The molecule has 1 N–H and O–H groups in total. The fourth-order valence-corrected chi connectivity index (χ4v) is 3.81. The van der Waals surface area contributed by atoms with Crippen molar-refractivity contribution in [3.63, 3.8) is 0 Å². The molecule has 0 aromatic rings. The second-order valence-electron chi connectivity index (χ2n) is 6.87. The zero-order valence-corrected chi connectivity index (χ0v) is 15.8. The summed E-state index contributed by atoms with van der Waals surface area (Å²) in [4.78, 5) is 22.1. The number of amides is 1. The Kier molecular flexibility index (Phi) is 8.66. The van der Waals surface area contributed by atoms with Crippen molar-refractivity contribution in [3.8, 4) is 24.0 Å². The highest BCUT2D eigenvalue weighted by molar-refractivity contribution is 5.73.